The topological polar surface area (TPSA) is 76.8 Å². The van der Waals surface area contributed by atoms with Crippen LogP contribution in [-0.2, 0) is 4.74 Å². The number of unbranched alkanes of at least 4 members (excludes halogenated alkanes) is 2. The number of hydrogen-bond donors (Lipinski definition) is 2. The minimum atomic E-state index is -0.165. The Morgan fingerprint density at radius 3 is 2.53 bits per heavy atom. The highest BCUT2D eigenvalue weighted by Gasteiger charge is 2.21. The fourth-order valence-corrected chi connectivity index (χ4v) is 5.15. The van der Waals surface area contributed by atoms with Crippen molar-refractivity contribution in [2.24, 2.45) is 11.8 Å². The number of amides is 1. The Hall–Kier alpha value is -1.21. The van der Waals surface area contributed by atoms with Gasteiger partial charge in [-0.1, -0.05) is 30.9 Å². The lowest BCUT2D eigenvalue weighted by molar-refractivity contribution is 0.0816. The lowest BCUT2D eigenvalue weighted by Crippen LogP contribution is -2.39. The smallest absolute Gasteiger partial charge is 0.255 e. The fraction of sp³-hybridized carbons (Fsp3) is 0.731. The molecule has 1 saturated heterocycles. The van der Waals surface area contributed by atoms with Gasteiger partial charge in [0.1, 0.15) is 5.75 Å². The van der Waals surface area contributed by atoms with Crippen LogP contribution in [0.25, 0.3) is 0 Å². The van der Waals surface area contributed by atoms with Gasteiger partial charge in [0.15, 0.2) is 0 Å². The molecule has 34 heavy (non-hydrogen) atoms. The predicted molar refractivity (Wildman–Crippen MR) is 142 cm³/mol. The van der Waals surface area contributed by atoms with E-state index in [1.54, 1.807) is 12.1 Å². The van der Waals surface area contributed by atoms with E-state index >= 15 is 0 Å². The highest BCUT2D eigenvalue weighted by molar-refractivity contribution is 6.33. The molecule has 1 amide bonds. The summed E-state index contributed by atoms with van der Waals surface area (Å²) < 4.78 is 11.2. The SMILES string of the molecule is COc1cc(N)c(Cl)cc1C(=O)NCC1CCN(CCCCCOCC2CCCCC2)CC1.Cl. The van der Waals surface area contributed by atoms with E-state index < -0.39 is 0 Å². The Morgan fingerprint density at radius 2 is 1.82 bits per heavy atom. The maximum atomic E-state index is 12.6. The van der Waals surface area contributed by atoms with Gasteiger partial charge in [-0.2, -0.15) is 0 Å². The first-order chi connectivity index (χ1) is 16.1. The molecule has 3 rings (SSSR count). The van der Waals surface area contributed by atoms with Crippen molar-refractivity contribution in [1.29, 1.82) is 0 Å². The Balaban J connectivity index is 0.00000408. The molecule has 0 aromatic heterocycles. The molecule has 6 nitrogen and oxygen atoms in total. The Morgan fingerprint density at radius 1 is 1.09 bits per heavy atom. The number of halogens is 2. The Kier molecular flexibility index (Phi) is 13.4. The molecule has 0 spiro atoms. The molecule has 1 saturated carbocycles. The molecule has 0 atom stereocenters. The van der Waals surface area contributed by atoms with Crippen LogP contribution in [0.2, 0.25) is 5.02 Å². The summed E-state index contributed by atoms with van der Waals surface area (Å²) in [5, 5.41) is 3.42. The zero-order valence-corrected chi connectivity index (χ0v) is 22.2. The van der Waals surface area contributed by atoms with E-state index in [0.717, 1.165) is 45.1 Å². The molecule has 1 aromatic rings. The first-order valence-electron chi connectivity index (χ1n) is 12.8. The molecule has 2 fully saturated rings. The average Bonchev–Trinajstić information content (AvgIpc) is 2.84. The highest BCUT2D eigenvalue weighted by Crippen LogP contribution is 2.29. The minimum Gasteiger partial charge on any atom is -0.496 e. The first-order valence-corrected chi connectivity index (χ1v) is 13.2. The molecule has 0 unspecified atom stereocenters. The number of nitrogen functional groups attached to an aromatic ring is 1. The molecular weight excluding hydrogens is 473 g/mol. The van der Waals surface area contributed by atoms with Crippen molar-refractivity contribution in [2.45, 2.75) is 64.2 Å². The molecule has 8 heteroatoms. The largest absolute Gasteiger partial charge is 0.496 e. The van der Waals surface area contributed by atoms with Gasteiger partial charge in [0.05, 0.1) is 23.4 Å². The van der Waals surface area contributed by atoms with Crippen LogP contribution in [0.4, 0.5) is 5.69 Å². The Labute approximate surface area is 216 Å². The summed E-state index contributed by atoms with van der Waals surface area (Å²) in [6, 6.07) is 3.17. The van der Waals surface area contributed by atoms with E-state index in [-0.39, 0.29) is 18.3 Å². The molecule has 3 N–H and O–H groups in total. The van der Waals surface area contributed by atoms with Gasteiger partial charge in [-0.3, -0.25) is 4.79 Å². The molecule has 1 aliphatic carbocycles. The Bertz CT molecular complexity index is 736. The number of ether oxygens (including phenoxy) is 2. The summed E-state index contributed by atoms with van der Waals surface area (Å²) in [6.07, 6.45) is 12.8. The van der Waals surface area contributed by atoms with Gasteiger partial charge in [-0.15, -0.1) is 12.4 Å². The summed E-state index contributed by atoms with van der Waals surface area (Å²) in [5.74, 6) is 1.61. The number of nitrogens with zero attached hydrogens (tertiary/aromatic N) is 1. The zero-order chi connectivity index (χ0) is 23.5. The molecule has 1 aromatic carbocycles. The number of carbonyl (C=O) groups is 1. The second kappa shape index (κ2) is 15.7. The van der Waals surface area contributed by atoms with Crippen molar-refractivity contribution in [3.05, 3.63) is 22.7 Å². The van der Waals surface area contributed by atoms with E-state index in [4.69, 9.17) is 26.8 Å². The van der Waals surface area contributed by atoms with E-state index in [9.17, 15) is 4.79 Å². The van der Waals surface area contributed by atoms with Crippen LogP contribution in [0.15, 0.2) is 12.1 Å². The van der Waals surface area contributed by atoms with Crippen LogP contribution in [0.3, 0.4) is 0 Å². The number of piperidine rings is 1. The number of hydrogen-bond acceptors (Lipinski definition) is 5. The number of methoxy groups -OCH3 is 1. The second-order valence-corrected chi connectivity index (χ2v) is 10.1. The number of likely N-dealkylation sites (tertiary alicyclic amines) is 1. The van der Waals surface area contributed by atoms with E-state index in [1.165, 1.54) is 65.0 Å². The van der Waals surface area contributed by atoms with Crippen LogP contribution in [0, 0.1) is 11.8 Å². The third kappa shape index (κ3) is 9.44. The quantitative estimate of drug-likeness (QED) is 0.281. The summed E-state index contributed by atoms with van der Waals surface area (Å²) >= 11 is 6.09. The summed E-state index contributed by atoms with van der Waals surface area (Å²) in [6.45, 7) is 5.95. The molecule has 2 aliphatic rings. The van der Waals surface area contributed by atoms with Gasteiger partial charge in [0.2, 0.25) is 0 Å². The van der Waals surface area contributed by atoms with Crippen molar-refractivity contribution in [3.63, 3.8) is 0 Å². The van der Waals surface area contributed by atoms with Crippen molar-refractivity contribution in [1.82, 2.24) is 10.2 Å². The lowest BCUT2D eigenvalue weighted by atomic mass is 9.90. The van der Waals surface area contributed by atoms with Gasteiger partial charge in [0.25, 0.3) is 5.91 Å². The number of rotatable bonds is 12. The summed E-state index contributed by atoms with van der Waals surface area (Å²) in [5.41, 5.74) is 6.64. The van der Waals surface area contributed by atoms with Gasteiger partial charge < -0.3 is 25.4 Å². The van der Waals surface area contributed by atoms with Gasteiger partial charge in [0, 0.05) is 25.8 Å². The number of anilines is 1. The van der Waals surface area contributed by atoms with Crippen molar-refractivity contribution >= 4 is 35.6 Å². The van der Waals surface area contributed by atoms with Gasteiger partial charge in [-0.25, -0.2) is 0 Å². The normalized spacial score (nSPS) is 17.8. The number of benzene rings is 1. The summed E-state index contributed by atoms with van der Waals surface area (Å²) in [7, 11) is 1.53. The van der Waals surface area contributed by atoms with Crippen molar-refractivity contribution in [2.75, 3.05) is 52.2 Å². The molecule has 0 bridgehead atoms. The van der Waals surface area contributed by atoms with E-state index in [0.29, 0.717) is 34.5 Å². The predicted octanol–water partition coefficient (Wildman–Crippen LogP) is 5.56. The minimum absolute atomic E-state index is 0. The lowest BCUT2D eigenvalue weighted by Gasteiger charge is -2.32. The number of carbonyl (C=O) groups excluding carboxylic acids is 1. The van der Waals surface area contributed by atoms with Gasteiger partial charge in [-0.05, 0) is 82.5 Å². The van der Waals surface area contributed by atoms with Gasteiger partial charge >= 0.3 is 0 Å². The summed E-state index contributed by atoms with van der Waals surface area (Å²) in [4.78, 5) is 15.2. The van der Waals surface area contributed by atoms with Crippen LogP contribution in [-0.4, -0.2) is 57.3 Å². The highest BCUT2D eigenvalue weighted by atomic mass is 35.5. The molecule has 194 valence electrons. The maximum absolute atomic E-state index is 12.6. The average molecular weight is 517 g/mol. The van der Waals surface area contributed by atoms with Crippen LogP contribution in [0.5, 0.6) is 5.75 Å². The third-order valence-corrected chi connectivity index (χ3v) is 7.49. The monoisotopic (exact) mass is 515 g/mol. The standard InChI is InChI=1S/C26H42ClN3O3.ClH/c1-32-25-17-24(28)23(27)16-22(25)26(31)29-18-20-10-13-30(14-11-20)12-6-3-7-15-33-19-21-8-4-2-5-9-21;/h16-17,20-21H,2-15,18-19,28H2,1H3,(H,29,31);1H. The van der Waals surface area contributed by atoms with Crippen LogP contribution < -0.4 is 15.8 Å². The fourth-order valence-electron chi connectivity index (χ4n) is 4.98. The first kappa shape index (κ1) is 29.0. The zero-order valence-electron chi connectivity index (χ0n) is 20.7. The second-order valence-electron chi connectivity index (χ2n) is 9.71. The molecule has 1 heterocycles. The molecular formula is C26H43Cl2N3O3. The van der Waals surface area contributed by atoms with Crippen LogP contribution >= 0.6 is 24.0 Å². The third-order valence-electron chi connectivity index (χ3n) is 7.16. The van der Waals surface area contributed by atoms with Crippen LogP contribution in [0.1, 0.15) is 74.6 Å². The maximum Gasteiger partial charge on any atom is 0.255 e. The van der Waals surface area contributed by atoms with Crippen molar-refractivity contribution in [3.8, 4) is 5.75 Å². The number of nitrogens with one attached hydrogen (secondary N) is 1. The van der Waals surface area contributed by atoms with E-state index in [2.05, 4.69) is 10.2 Å². The molecule has 1 aliphatic heterocycles. The van der Waals surface area contributed by atoms with E-state index in [1.807, 2.05) is 0 Å². The number of nitrogens with two attached hydrogens (primary N) is 1. The molecule has 0 radical (unpaired) electrons. The van der Waals surface area contributed by atoms with Crippen molar-refractivity contribution < 1.29 is 14.3 Å².